The van der Waals surface area contributed by atoms with Gasteiger partial charge in [-0.15, -0.1) is 0 Å². The fraction of sp³-hybridized carbons (Fsp3) is 0.312. The van der Waals surface area contributed by atoms with E-state index in [0.29, 0.717) is 33.8 Å². The molecule has 9 nitrogen and oxygen atoms in total. The first-order valence-corrected chi connectivity index (χ1v) is 18.5. The van der Waals surface area contributed by atoms with Gasteiger partial charge in [0.05, 0.1) is 50.4 Å². The van der Waals surface area contributed by atoms with E-state index in [9.17, 15) is 30.6 Å². The molecule has 6 N–H and O–H groups in total. The molecule has 0 atom stereocenters. The van der Waals surface area contributed by atoms with Crippen LogP contribution in [-0.4, -0.2) is 69.1 Å². The maximum absolute atomic E-state index is 11.7. The number of rotatable bonds is 6. The molecule has 0 fully saturated rings. The van der Waals surface area contributed by atoms with Gasteiger partial charge in [0.2, 0.25) is 0 Å². The van der Waals surface area contributed by atoms with Crippen LogP contribution in [0.3, 0.4) is 0 Å². The normalized spacial score (nSPS) is 12.0. The van der Waals surface area contributed by atoms with Crippen LogP contribution < -0.4 is 0 Å². The number of aliphatic hydroxyl groups excluding tert-OH is 3. The second-order valence-corrected chi connectivity index (χ2v) is 16.4. The minimum atomic E-state index is -0.512. The Morgan fingerprint density at radius 1 is 0.439 bits per heavy atom. The molecule has 0 aliphatic carbocycles. The first-order valence-electron chi connectivity index (χ1n) is 18.5. The van der Waals surface area contributed by atoms with E-state index in [-0.39, 0.29) is 52.8 Å². The molecule has 0 amide bonds. The largest absolute Gasteiger partial charge is 0.506 e. The van der Waals surface area contributed by atoms with E-state index >= 15 is 0 Å². The van der Waals surface area contributed by atoms with E-state index in [1.54, 1.807) is 18.2 Å². The smallest absolute Gasteiger partial charge is 0.140 e. The van der Waals surface area contributed by atoms with Gasteiger partial charge in [-0.2, -0.15) is 0 Å². The number of aliphatic hydroxyl groups is 3. The molecule has 4 rings (SSSR count). The van der Waals surface area contributed by atoms with Crippen molar-refractivity contribution in [2.24, 2.45) is 15.0 Å². The Morgan fingerprint density at radius 3 is 0.895 bits per heavy atom. The van der Waals surface area contributed by atoms with Crippen LogP contribution in [0.15, 0.2) is 69.6 Å². The molecule has 0 heterocycles. The third kappa shape index (κ3) is 11.0. The van der Waals surface area contributed by atoms with E-state index < -0.39 is 17.2 Å². The molecular weight excluding hydrogens is 715 g/mol. The monoisotopic (exact) mass is 765 g/mol. The summed E-state index contributed by atoms with van der Waals surface area (Å²) < 4.78 is 0. The molecule has 4 aromatic carbocycles. The van der Waals surface area contributed by atoms with Crippen molar-refractivity contribution in [1.29, 1.82) is 0 Å². The molecule has 0 aliphatic rings. The molecule has 0 saturated carbocycles. The van der Waals surface area contributed by atoms with Crippen LogP contribution in [0.5, 0.6) is 17.2 Å². The van der Waals surface area contributed by atoms with Gasteiger partial charge >= 0.3 is 0 Å². The summed E-state index contributed by atoms with van der Waals surface area (Å²) >= 11 is 0. The fourth-order valence-electron chi connectivity index (χ4n) is 5.59. The summed E-state index contributed by atoms with van der Waals surface area (Å²) in [5, 5.41) is 63.3. The lowest BCUT2D eigenvalue weighted by molar-refractivity contribution is 0.350. The molecule has 57 heavy (non-hydrogen) atoms. The Labute approximate surface area is 336 Å². The maximum Gasteiger partial charge on any atom is 0.140 e. The minimum Gasteiger partial charge on any atom is -0.506 e. The van der Waals surface area contributed by atoms with E-state index in [2.05, 4.69) is 113 Å². The van der Waals surface area contributed by atoms with Gasteiger partial charge in [0, 0.05) is 18.6 Å². The highest BCUT2D eigenvalue weighted by Crippen LogP contribution is 2.41. The summed E-state index contributed by atoms with van der Waals surface area (Å²) in [6.45, 7) is 17.5. The summed E-state index contributed by atoms with van der Waals surface area (Å²) in [6, 6.07) is 16.7. The average Bonchev–Trinajstić information content (AvgIpc) is 3.14. The Kier molecular flexibility index (Phi) is 13.9. The Balaban J connectivity index is 1.98. The molecule has 0 spiro atoms. The number of aromatic hydroxyl groups is 3. The molecule has 0 saturated heterocycles. The van der Waals surface area contributed by atoms with Gasteiger partial charge in [-0.1, -0.05) is 116 Å². The lowest BCUT2D eigenvalue weighted by atomic mass is 9.86. The average molecular weight is 766 g/mol. The van der Waals surface area contributed by atoms with Crippen LogP contribution in [0.25, 0.3) is 0 Å². The van der Waals surface area contributed by atoms with Crippen LogP contribution in [0.4, 0.5) is 17.1 Å². The van der Waals surface area contributed by atoms with Crippen molar-refractivity contribution < 1.29 is 30.6 Å². The van der Waals surface area contributed by atoms with E-state index in [1.807, 2.05) is 36.4 Å². The van der Waals surface area contributed by atoms with Crippen molar-refractivity contribution in [3.05, 3.63) is 105 Å². The lowest BCUT2D eigenvalue weighted by Crippen LogP contribution is -2.11. The van der Waals surface area contributed by atoms with Crippen LogP contribution in [0.2, 0.25) is 0 Å². The molecule has 0 aromatic heterocycles. The molecular formula is C48H51N3O6. The quantitative estimate of drug-likeness (QED) is 0.0863. The topological polar surface area (TPSA) is 158 Å². The molecule has 4 aromatic rings. The number of benzene rings is 4. The summed E-state index contributed by atoms with van der Waals surface area (Å²) in [4.78, 5) is 13.8. The van der Waals surface area contributed by atoms with E-state index in [4.69, 9.17) is 0 Å². The zero-order valence-corrected chi connectivity index (χ0v) is 34.1. The number of phenols is 3. The van der Waals surface area contributed by atoms with Gasteiger partial charge in [0.15, 0.2) is 0 Å². The predicted octanol–water partition coefficient (Wildman–Crippen LogP) is 7.98. The highest BCUT2D eigenvalue weighted by atomic mass is 16.3. The third-order valence-electron chi connectivity index (χ3n) is 9.02. The highest BCUT2D eigenvalue weighted by Gasteiger charge is 2.23. The fourth-order valence-corrected chi connectivity index (χ4v) is 5.59. The molecule has 0 bridgehead atoms. The highest BCUT2D eigenvalue weighted by molar-refractivity contribution is 6.04. The van der Waals surface area contributed by atoms with E-state index in [1.165, 1.54) is 18.6 Å². The van der Waals surface area contributed by atoms with Gasteiger partial charge in [-0.25, -0.2) is 0 Å². The lowest BCUT2D eigenvalue weighted by Gasteiger charge is -2.20. The zero-order valence-electron chi connectivity index (χ0n) is 34.1. The minimum absolute atomic E-state index is 0.136. The Morgan fingerprint density at radius 2 is 0.684 bits per heavy atom. The number of phenolic OH excluding ortho intramolecular Hbond substituents is 3. The molecule has 0 aliphatic heterocycles. The SMILES string of the molecule is CC(C)(C)c1ccc(N=Cc2c(O)c(C=Nc3ccc(C(C)(C)C)cc3C#CCO)c(O)c(C=Nc3ccc(C(C)(C)C)cc3C#CCO)c2O)c(C#CCO)c1. The van der Waals surface area contributed by atoms with Crippen LogP contribution >= 0.6 is 0 Å². The number of hydrogen-bond acceptors (Lipinski definition) is 9. The summed E-state index contributed by atoms with van der Waals surface area (Å²) in [6.07, 6.45) is 3.80. The van der Waals surface area contributed by atoms with Crippen molar-refractivity contribution in [2.75, 3.05) is 19.8 Å². The first kappa shape index (κ1) is 43.6. The van der Waals surface area contributed by atoms with Gasteiger partial charge < -0.3 is 30.6 Å². The van der Waals surface area contributed by atoms with E-state index in [0.717, 1.165) is 16.7 Å². The van der Waals surface area contributed by atoms with Crippen molar-refractivity contribution >= 4 is 35.7 Å². The van der Waals surface area contributed by atoms with Crippen LogP contribution in [0, 0.1) is 35.5 Å². The van der Waals surface area contributed by atoms with Crippen molar-refractivity contribution in [1.82, 2.24) is 0 Å². The van der Waals surface area contributed by atoms with Gasteiger partial charge in [-0.3, -0.25) is 15.0 Å². The molecule has 0 radical (unpaired) electrons. The Bertz CT molecular complexity index is 2130. The van der Waals surface area contributed by atoms with Gasteiger partial charge in [0.25, 0.3) is 0 Å². The maximum atomic E-state index is 11.7. The molecule has 0 unspecified atom stereocenters. The Hall–Kier alpha value is -6.15. The van der Waals surface area contributed by atoms with Gasteiger partial charge in [-0.05, 0) is 69.3 Å². The zero-order chi connectivity index (χ0) is 42.1. The molecule has 9 heteroatoms. The van der Waals surface area contributed by atoms with Crippen LogP contribution in [-0.2, 0) is 16.2 Å². The van der Waals surface area contributed by atoms with Crippen molar-refractivity contribution in [2.45, 2.75) is 78.6 Å². The third-order valence-corrected chi connectivity index (χ3v) is 9.02. The summed E-state index contributed by atoms with van der Waals surface area (Å²) in [7, 11) is 0. The number of nitrogens with zero attached hydrogens (tertiary/aromatic N) is 3. The van der Waals surface area contributed by atoms with Gasteiger partial charge in [0.1, 0.15) is 37.1 Å². The molecule has 294 valence electrons. The summed E-state index contributed by atoms with van der Waals surface area (Å²) in [5.74, 6) is 15.3. The number of hydrogen-bond donors (Lipinski definition) is 6. The van der Waals surface area contributed by atoms with Crippen molar-refractivity contribution in [3.63, 3.8) is 0 Å². The standard InChI is InChI=1S/C48H51N3O6/c1-46(2,3)34-16-19-40(31(25-34)13-10-22-52)49-28-37-43(55)38(29-50-41-20-17-35(47(4,5)6)26-32(41)14-11-23-53)45(57)39(44(37)56)30-51-42-21-18-36(48(7,8)9)27-33(42)15-12-24-54/h16-21,25-30,52-57H,22-24H2,1-9H3. The van der Waals surface area contributed by atoms with Crippen LogP contribution in [0.1, 0.15) is 112 Å². The predicted molar refractivity (Wildman–Crippen MR) is 231 cm³/mol. The van der Waals surface area contributed by atoms with Crippen molar-refractivity contribution in [3.8, 4) is 52.8 Å². The second kappa shape index (κ2) is 18.2. The second-order valence-electron chi connectivity index (χ2n) is 16.4. The summed E-state index contributed by atoms with van der Waals surface area (Å²) in [5.41, 5.74) is 4.82. The first-order chi connectivity index (χ1) is 26.8. The number of aliphatic imine (C=N–C) groups is 3.